The number of esters is 1. The van der Waals surface area contributed by atoms with E-state index in [2.05, 4.69) is 29.2 Å². The number of nitrogens with zero attached hydrogens (tertiary/aromatic N) is 1. The van der Waals surface area contributed by atoms with Gasteiger partial charge >= 0.3 is 5.97 Å². The van der Waals surface area contributed by atoms with Gasteiger partial charge in [-0.1, -0.05) is 24.3 Å². The van der Waals surface area contributed by atoms with E-state index in [0.717, 1.165) is 18.4 Å². The van der Waals surface area contributed by atoms with E-state index in [4.69, 9.17) is 10.5 Å². The Bertz CT molecular complexity index is 627. The van der Waals surface area contributed by atoms with Crippen molar-refractivity contribution in [2.45, 2.75) is 32.6 Å². The molecular formula is C19H24N2O2. The molecule has 4 nitrogen and oxygen atoms in total. The van der Waals surface area contributed by atoms with Crippen molar-refractivity contribution in [2.75, 3.05) is 13.2 Å². The molecule has 0 amide bonds. The summed E-state index contributed by atoms with van der Waals surface area (Å²) in [5.74, 6) is -0.148. The van der Waals surface area contributed by atoms with E-state index in [1.165, 1.54) is 16.7 Å². The van der Waals surface area contributed by atoms with E-state index in [0.29, 0.717) is 26.0 Å². The molecule has 0 fully saturated rings. The minimum atomic E-state index is -0.148. The molecule has 0 aliphatic carbocycles. The first-order valence-corrected chi connectivity index (χ1v) is 8.07. The molecule has 23 heavy (non-hydrogen) atoms. The number of ether oxygens (including phenoxy) is 1. The summed E-state index contributed by atoms with van der Waals surface area (Å²) in [4.78, 5) is 15.7. The zero-order valence-corrected chi connectivity index (χ0v) is 13.6. The number of nitrogens with two attached hydrogens (primary N) is 1. The zero-order chi connectivity index (χ0) is 16.5. The van der Waals surface area contributed by atoms with Crippen molar-refractivity contribution < 1.29 is 9.53 Å². The Balaban J connectivity index is 2.12. The first-order chi connectivity index (χ1) is 11.2. The number of aryl methyl sites for hydroxylation is 1. The first kappa shape index (κ1) is 17.2. The summed E-state index contributed by atoms with van der Waals surface area (Å²) in [7, 11) is 0. The van der Waals surface area contributed by atoms with Crippen molar-refractivity contribution in [1.29, 1.82) is 0 Å². The highest BCUT2D eigenvalue weighted by Crippen LogP contribution is 2.16. The van der Waals surface area contributed by atoms with Crippen molar-refractivity contribution in [2.24, 2.45) is 5.73 Å². The van der Waals surface area contributed by atoms with Gasteiger partial charge in [0, 0.05) is 18.8 Å². The highest BCUT2D eigenvalue weighted by atomic mass is 16.5. The van der Waals surface area contributed by atoms with Crippen molar-refractivity contribution in [3.05, 3.63) is 65.0 Å². The zero-order valence-electron chi connectivity index (χ0n) is 13.6. The third kappa shape index (κ3) is 5.83. The van der Waals surface area contributed by atoms with Crippen LogP contribution in [0, 0.1) is 0 Å². The predicted molar refractivity (Wildman–Crippen MR) is 91.2 cm³/mol. The van der Waals surface area contributed by atoms with E-state index in [9.17, 15) is 4.79 Å². The van der Waals surface area contributed by atoms with E-state index in [-0.39, 0.29) is 5.97 Å². The Morgan fingerprint density at radius 1 is 1.13 bits per heavy atom. The maximum Gasteiger partial charge on any atom is 0.306 e. The molecule has 0 radical (unpaired) electrons. The topological polar surface area (TPSA) is 65.2 Å². The van der Waals surface area contributed by atoms with Crippen molar-refractivity contribution in [1.82, 2.24) is 4.98 Å². The Kier molecular flexibility index (Phi) is 6.76. The Morgan fingerprint density at radius 3 is 2.52 bits per heavy atom. The largest absolute Gasteiger partial charge is 0.466 e. The van der Waals surface area contributed by atoms with Crippen LogP contribution in [0.2, 0.25) is 0 Å². The number of hydrogen-bond acceptors (Lipinski definition) is 4. The summed E-state index contributed by atoms with van der Waals surface area (Å²) in [6.07, 6.45) is 6.43. The van der Waals surface area contributed by atoms with Crippen LogP contribution in [0.4, 0.5) is 0 Å². The lowest BCUT2D eigenvalue weighted by Gasteiger charge is -2.10. The summed E-state index contributed by atoms with van der Waals surface area (Å²) in [6.45, 7) is 2.87. The fraction of sp³-hybridized carbons (Fsp3) is 0.368. The Hall–Kier alpha value is -2.20. The van der Waals surface area contributed by atoms with Gasteiger partial charge in [0.2, 0.25) is 0 Å². The molecule has 1 aromatic carbocycles. The van der Waals surface area contributed by atoms with Gasteiger partial charge in [-0.05, 0) is 61.1 Å². The van der Waals surface area contributed by atoms with Gasteiger partial charge in [0.25, 0.3) is 0 Å². The molecule has 2 rings (SSSR count). The molecule has 2 N–H and O–H groups in total. The number of benzene rings is 1. The fourth-order valence-corrected chi connectivity index (χ4v) is 2.61. The van der Waals surface area contributed by atoms with Crippen LogP contribution < -0.4 is 5.73 Å². The second-order valence-electron chi connectivity index (χ2n) is 5.54. The summed E-state index contributed by atoms with van der Waals surface area (Å²) in [6, 6.07) is 10.5. The molecule has 1 heterocycles. The summed E-state index contributed by atoms with van der Waals surface area (Å²) >= 11 is 0. The van der Waals surface area contributed by atoms with E-state index in [1.54, 1.807) is 6.20 Å². The number of aromatic nitrogens is 1. The third-order valence-electron chi connectivity index (χ3n) is 3.60. The van der Waals surface area contributed by atoms with Crippen LogP contribution >= 0.6 is 0 Å². The third-order valence-corrected chi connectivity index (χ3v) is 3.60. The van der Waals surface area contributed by atoms with Crippen LogP contribution in [0.25, 0.3) is 0 Å². The minimum absolute atomic E-state index is 0.148. The average molecular weight is 312 g/mol. The van der Waals surface area contributed by atoms with Crippen LogP contribution in [0.3, 0.4) is 0 Å². The molecule has 0 atom stereocenters. The molecule has 1 aromatic heterocycles. The van der Waals surface area contributed by atoms with Gasteiger partial charge < -0.3 is 10.5 Å². The predicted octanol–water partition coefficient (Wildman–Crippen LogP) is 2.67. The normalized spacial score (nSPS) is 10.5. The lowest BCUT2D eigenvalue weighted by Crippen LogP contribution is -2.07. The lowest BCUT2D eigenvalue weighted by molar-refractivity contribution is -0.143. The molecule has 0 unspecified atom stereocenters. The summed E-state index contributed by atoms with van der Waals surface area (Å²) in [5, 5.41) is 0. The van der Waals surface area contributed by atoms with Gasteiger partial charge in [-0.3, -0.25) is 9.78 Å². The van der Waals surface area contributed by atoms with Gasteiger partial charge in [-0.15, -0.1) is 0 Å². The van der Waals surface area contributed by atoms with E-state index < -0.39 is 0 Å². The molecule has 0 bridgehead atoms. The van der Waals surface area contributed by atoms with E-state index in [1.807, 2.05) is 19.2 Å². The lowest BCUT2D eigenvalue weighted by atomic mass is 9.97. The van der Waals surface area contributed by atoms with Crippen LogP contribution in [0.15, 0.2) is 42.7 Å². The van der Waals surface area contributed by atoms with Gasteiger partial charge in [0.15, 0.2) is 0 Å². The molecule has 4 heteroatoms. The summed E-state index contributed by atoms with van der Waals surface area (Å²) in [5.41, 5.74) is 10.5. The molecule has 2 aromatic rings. The first-order valence-electron chi connectivity index (χ1n) is 8.07. The van der Waals surface area contributed by atoms with Crippen LogP contribution in [-0.4, -0.2) is 24.1 Å². The number of carbonyl (C=O) groups is 1. The number of carbonyl (C=O) groups excluding carboxylic acids is 1. The smallest absolute Gasteiger partial charge is 0.306 e. The van der Waals surface area contributed by atoms with E-state index >= 15 is 0 Å². The maximum absolute atomic E-state index is 11.6. The van der Waals surface area contributed by atoms with Crippen LogP contribution in [0.1, 0.15) is 35.6 Å². The van der Waals surface area contributed by atoms with Gasteiger partial charge in [-0.2, -0.15) is 0 Å². The molecular weight excluding hydrogens is 288 g/mol. The Labute approximate surface area is 137 Å². The van der Waals surface area contributed by atoms with Gasteiger partial charge in [0.1, 0.15) is 0 Å². The fourth-order valence-electron chi connectivity index (χ4n) is 2.61. The Morgan fingerprint density at radius 2 is 1.87 bits per heavy atom. The van der Waals surface area contributed by atoms with Crippen LogP contribution in [0.5, 0.6) is 0 Å². The number of pyridine rings is 1. The average Bonchev–Trinajstić information content (AvgIpc) is 2.54. The second-order valence-corrected chi connectivity index (χ2v) is 5.54. The SMILES string of the molecule is CCOC(=O)CCc1cc(CCN)cc(Cc2cccnc2)c1. The standard InChI is InChI=1S/C19H24N2O2/c1-2-23-19(22)6-5-15-10-16(7-8-20)12-18(11-15)13-17-4-3-9-21-14-17/h3-4,9-12,14H,2,5-8,13,20H2,1H3. The van der Waals surface area contributed by atoms with Crippen molar-refractivity contribution in [3.63, 3.8) is 0 Å². The monoisotopic (exact) mass is 312 g/mol. The molecule has 0 aliphatic rings. The van der Waals surface area contributed by atoms with Gasteiger partial charge in [0.05, 0.1) is 6.61 Å². The van der Waals surface area contributed by atoms with Crippen molar-refractivity contribution >= 4 is 5.97 Å². The van der Waals surface area contributed by atoms with Crippen molar-refractivity contribution in [3.8, 4) is 0 Å². The summed E-state index contributed by atoms with van der Waals surface area (Å²) < 4.78 is 5.00. The highest BCUT2D eigenvalue weighted by Gasteiger charge is 2.06. The molecule has 0 aliphatic heterocycles. The molecule has 0 saturated heterocycles. The van der Waals surface area contributed by atoms with Gasteiger partial charge in [-0.25, -0.2) is 0 Å². The molecule has 0 saturated carbocycles. The number of hydrogen-bond donors (Lipinski definition) is 1. The number of rotatable bonds is 8. The minimum Gasteiger partial charge on any atom is -0.466 e. The van der Waals surface area contributed by atoms with Crippen LogP contribution in [-0.2, 0) is 28.8 Å². The maximum atomic E-state index is 11.6. The molecule has 0 spiro atoms. The second kappa shape index (κ2) is 9.06. The quantitative estimate of drug-likeness (QED) is 0.761. The molecule has 122 valence electrons. The highest BCUT2D eigenvalue weighted by molar-refractivity contribution is 5.69.